The highest BCUT2D eigenvalue weighted by Crippen LogP contribution is 2.38. The molecule has 11 nitrogen and oxygen atoms in total. The van der Waals surface area contributed by atoms with Crippen molar-refractivity contribution in [2.45, 2.75) is 70.7 Å². The zero-order valence-corrected chi connectivity index (χ0v) is 32.3. The van der Waals surface area contributed by atoms with Crippen LogP contribution in [-0.2, 0) is 48.3 Å². The number of hydrogen-bond acceptors (Lipinski definition) is 9. The van der Waals surface area contributed by atoms with Crippen molar-refractivity contribution in [2.75, 3.05) is 41.5 Å². The quantitative estimate of drug-likeness (QED) is 0.107. The van der Waals surface area contributed by atoms with Crippen LogP contribution in [0.5, 0.6) is 23.0 Å². The number of aliphatic imine (C=N–C) groups is 2. The lowest BCUT2D eigenvalue weighted by Gasteiger charge is -2.27. The number of hydrogen-bond donors (Lipinski definition) is 1. The summed E-state index contributed by atoms with van der Waals surface area (Å²) in [7, 11) is 6.64. The van der Waals surface area contributed by atoms with Crippen LogP contribution in [0.15, 0.2) is 70.6 Å². The number of aryl methyl sites for hydroxylation is 2. The molecule has 2 unspecified atom stereocenters. The Balaban J connectivity index is 0.000000170. The first-order chi connectivity index (χ1) is 26.7. The summed E-state index contributed by atoms with van der Waals surface area (Å²) in [5.74, 6) is 2.83. The van der Waals surface area contributed by atoms with Gasteiger partial charge in [-0.3, -0.25) is 4.79 Å². The summed E-state index contributed by atoms with van der Waals surface area (Å²) in [6, 6.07) is 20.5. The number of aliphatic hydroxyl groups is 1. The topological polar surface area (TPSA) is 115 Å². The first-order valence-electron chi connectivity index (χ1n) is 18.9. The molecule has 288 valence electrons. The predicted molar refractivity (Wildman–Crippen MR) is 213 cm³/mol. The highest BCUT2D eigenvalue weighted by molar-refractivity contribution is 5.67. The molecular weight excluding hydrogens is 697 g/mol. The van der Waals surface area contributed by atoms with E-state index in [9.17, 15) is 9.90 Å². The Labute approximate surface area is 323 Å². The summed E-state index contributed by atoms with van der Waals surface area (Å²) in [6.45, 7) is 4.85. The summed E-state index contributed by atoms with van der Waals surface area (Å²) >= 11 is 0. The average Bonchev–Trinajstić information content (AvgIpc) is 3.79. The fourth-order valence-electron chi connectivity index (χ4n) is 7.91. The second-order valence-corrected chi connectivity index (χ2v) is 14.3. The third-order valence-corrected chi connectivity index (χ3v) is 10.9. The normalized spacial score (nSPS) is 18.2. The highest BCUT2D eigenvalue weighted by Gasteiger charge is 2.26. The average molecular weight is 747 g/mol. The van der Waals surface area contributed by atoms with Gasteiger partial charge >= 0.3 is 5.97 Å². The fraction of sp³-hybridized carbons (Fsp3) is 0.386. The molecule has 2 heterocycles. The van der Waals surface area contributed by atoms with Crippen molar-refractivity contribution in [3.63, 3.8) is 0 Å². The van der Waals surface area contributed by atoms with Gasteiger partial charge in [-0.25, -0.2) is 9.98 Å². The van der Waals surface area contributed by atoms with Crippen LogP contribution in [0.25, 0.3) is 0 Å². The molecule has 2 aliphatic carbocycles. The second kappa shape index (κ2) is 16.9. The maximum absolute atomic E-state index is 11.3. The van der Waals surface area contributed by atoms with Crippen molar-refractivity contribution in [3.05, 3.63) is 105 Å². The van der Waals surface area contributed by atoms with Crippen LogP contribution in [-0.4, -0.2) is 75.1 Å². The monoisotopic (exact) mass is 746 g/mol. The molecular formula is C44H50N4O7. The Kier molecular flexibility index (Phi) is 11.6. The molecule has 0 radical (unpaired) electrons. The van der Waals surface area contributed by atoms with E-state index in [1.54, 1.807) is 28.4 Å². The van der Waals surface area contributed by atoms with Gasteiger partial charge in [0.25, 0.3) is 0 Å². The molecule has 0 amide bonds. The Morgan fingerprint density at radius 1 is 0.618 bits per heavy atom. The van der Waals surface area contributed by atoms with Crippen molar-refractivity contribution in [1.29, 1.82) is 0 Å². The molecule has 2 atom stereocenters. The summed E-state index contributed by atoms with van der Waals surface area (Å²) in [5, 5.41) is 10.0. The maximum atomic E-state index is 11.3. The van der Waals surface area contributed by atoms with E-state index in [4.69, 9.17) is 23.7 Å². The molecule has 0 fully saturated rings. The molecule has 0 aromatic heterocycles. The molecule has 11 heteroatoms. The van der Waals surface area contributed by atoms with E-state index < -0.39 is 0 Å². The molecule has 8 rings (SSSR count). The van der Waals surface area contributed by atoms with E-state index >= 15 is 0 Å². The standard InChI is InChI=1S/C23H26N2O4.C21H24N2O3/c1-15(26)29-21-7-5-16-4-6-19(12-20(16)21)24-14-25-9-8-17-10-22(27-2)23(28-3)11-18(17)13-25;1-25-20-9-15-7-8-23(12-16(15)10-21(20)26-2)13-22-17-5-3-14-4-6-19(24)18(14)11-17/h4,6,10-12,14,21H,5,7-9,13H2,1-3H3;3,5,9-11,13,19,24H,4,6-8,12H2,1-2H3. The Morgan fingerprint density at radius 3 is 1.56 bits per heavy atom. The zero-order valence-electron chi connectivity index (χ0n) is 32.3. The van der Waals surface area contributed by atoms with Gasteiger partial charge in [-0.1, -0.05) is 12.1 Å². The number of rotatable bonds is 9. The SMILES string of the molecule is COc1cc2c(cc1OC)CN(C=Nc1ccc3c(c1)C(O)CC3)CC2.COc1cc2c(cc1OC)CN(C=Nc1ccc3c(c1)C(OC(C)=O)CC3)CC2. The Bertz CT molecular complexity index is 2100. The fourth-order valence-corrected chi connectivity index (χ4v) is 7.91. The van der Waals surface area contributed by atoms with Crippen molar-refractivity contribution in [3.8, 4) is 23.0 Å². The summed E-state index contributed by atoms with van der Waals surface area (Å²) < 4.78 is 27.1. The van der Waals surface area contributed by atoms with Crippen molar-refractivity contribution in [2.24, 2.45) is 9.98 Å². The molecule has 4 aromatic rings. The minimum Gasteiger partial charge on any atom is -0.493 e. The lowest BCUT2D eigenvalue weighted by Crippen LogP contribution is -2.29. The number of ether oxygens (including phenoxy) is 5. The van der Waals surface area contributed by atoms with E-state index in [0.29, 0.717) is 0 Å². The van der Waals surface area contributed by atoms with Gasteiger partial charge in [0.05, 0.1) is 58.6 Å². The second-order valence-electron chi connectivity index (χ2n) is 14.3. The van der Waals surface area contributed by atoms with Crippen molar-refractivity contribution < 1.29 is 33.6 Å². The van der Waals surface area contributed by atoms with Gasteiger partial charge < -0.3 is 38.6 Å². The molecule has 2 aliphatic heterocycles. The Morgan fingerprint density at radius 2 is 1.07 bits per heavy atom. The van der Waals surface area contributed by atoms with Crippen LogP contribution in [0.1, 0.15) is 76.5 Å². The minimum atomic E-state index is -0.343. The smallest absolute Gasteiger partial charge is 0.303 e. The first kappa shape index (κ1) is 37.8. The zero-order chi connectivity index (χ0) is 38.5. The van der Waals surface area contributed by atoms with Gasteiger partial charge in [0, 0.05) is 33.1 Å². The van der Waals surface area contributed by atoms with Gasteiger partial charge in [-0.15, -0.1) is 0 Å². The lowest BCUT2D eigenvalue weighted by molar-refractivity contribution is -0.146. The van der Waals surface area contributed by atoms with Gasteiger partial charge in [0.2, 0.25) is 0 Å². The van der Waals surface area contributed by atoms with E-state index in [1.165, 1.54) is 40.3 Å². The maximum Gasteiger partial charge on any atom is 0.303 e. The van der Waals surface area contributed by atoms with Crippen LogP contribution in [0.3, 0.4) is 0 Å². The van der Waals surface area contributed by atoms with Crippen LogP contribution >= 0.6 is 0 Å². The Hall–Kier alpha value is -5.55. The number of benzene rings is 4. The first-order valence-corrected chi connectivity index (χ1v) is 18.9. The van der Waals surface area contributed by atoms with Crippen LogP contribution in [0, 0.1) is 0 Å². The summed E-state index contributed by atoms with van der Waals surface area (Å²) in [5.41, 5.74) is 11.4. The minimum absolute atomic E-state index is 0.151. The van der Waals surface area contributed by atoms with Crippen LogP contribution < -0.4 is 18.9 Å². The number of carbonyl (C=O) groups excluding carboxylic acids is 1. The van der Waals surface area contributed by atoms with Crippen molar-refractivity contribution >= 4 is 30.0 Å². The van der Waals surface area contributed by atoms with E-state index in [2.05, 4.69) is 50.1 Å². The molecule has 1 N–H and O–H groups in total. The summed E-state index contributed by atoms with van der Waals surface area (Å²) in [4.78, 5) is 25.0. The highest BCUT2D eigenvalue weighted by atomic mass is 16.5. The predicted octanol–water partition coefficient (Wildman–Crippen LogP) is 7.37. The molecule has 55 heavy (non-hydrogen) atoms. The van der Waals surface area contributed by atoms with Gasteiger partial charge in [-0.05, 0) is 132 Å². The number of carbonyl (C=O) groups is 1. The molecule has 0 saturated carbocycles. The number of esters is 1. The third-order valence-electron chi connectivity index (χ3n) is 10.9. The number of fused-ring (bicyclic) bond motifs is 4. The number of methoxy groups -OCH3 is 4. The number of nitrogens with zero attached hydrogens (tertiary/aromatic N) is 4. The molecule has 0 bridgehead atoms. The van der Waals surface area contributed by atoms with Crippen molar-refractivity contribution in [1.82, 2.24) is 9.80 Å². The largest absolute Gasteiger partial charge is 0.493 e. The molecule has 4 aromatic carbocycles. The summed E-state index contributed by atoms with van der Waals surface area (Å²) in [6.07, 6.45) is 8.74. The van der Waals surface area contributed by atoms with Crippen LogP contribution in [0.2, 0.25) is 0 Å². The van der Waals surface area contributed by atoms with E-state index in [0.717, 1.165) is 110 Å². The van der Waals surface area contributed by atoms with Gasteiger partial charge in [0.15, 0.2) is 23.0 Å². The van der Waals surface area contributed by atoms with Crippen LogP contribution in [0.4, 0.5) is 11.4 Å². The number of aliphatic hydroxyl groups excluding tert-OH is 1. The third kappa shape index (κ3) is 8.57. The molecule has 4 aliphatic rings. The van der Waals surface area contributed by atoms with E-state index in [-0.39, 0.29) is 18.2 Å². The molecule has 0 saturated heterocycles. The van der Waals surface area contributed by atoms with Gasteiger partial charge in [-0.2, -0.15) is 0 Å². The van der Waals surface area contributed by atoms with Gasteiger partial charge in [0.1, 0.15) is 6.10 Å². The lowest BCUT2D eigenvalue weighted by atomic mass is 9.99. The van der Waals surface area contributed by atoms with E-state index in [1.807, 2.05) is 43.0 Å². The molecule has 0 spiro atoms.